The monoisotopic (exact) mass is 464 g/mol. The molecule has 0 amide bonds. The van der Waals surface area contributed by atoms with Gasteiger partial charge in [0.2, 0.25) is 0 Å². The van der Waals surface area contributed by atoms with Gasteiger partial charge in [-0.3, -0.25) is 0 Å². The van der Waals surface area contributed by atoms with Gasteiger partial charge in [0, 0.05) is 35.6 Å². The average molecular weight is 465 g/mol. The Kier molecular flexibility index (Phi) is 4.83. The lowest BCUT2D eigenvalue weighted by Crippen LogP contribution is -2.50. The molecule has 178 valence electrons. The van der Waals surface area contributed by atoms with Gasteiger partial charge in [0.25, 0.3) is 0 Å². The Hall–Kier alpha value is -3.08. The molecule has 1 aliphatic carbocycles. The second kappa shape index (κ2) is 7.97. The molecule has 0 aromatic heterocycles. The lowest BCUT2D eigenvalue weighted by molar-refractivity contribution is 0.0337. The maximum Gasteiger partial charge on any atom is 0.154 e. The Bertz CT molecular complexity index is 1270. The van der Waals surface area contributed by atoms with E-state index in [-0.39, 0.29) is 6.04 Å². The number of aliphatic hydroxyl groups excluding tert-OH is 1. The van der Waals surface area contributed by atoms with Gasteiger partial charge in [-0.25, -0.2) is 0 Å². The highest BCUT2D eigenvalue weighted by atomic mass is 16.3. The summed E-state index contributed by atoms with van der Waals surface area (Å²) in [5.74, 6) is 1.04. The van der Waals surface area contributed by atoms with E-state index in [9.17, 15) is 10.2 Å². The van der Waals surface area contributed by atoms with Crippen molar-refractivity contribution in [1.82, 2.24) is 0 Å². The molecule has 4 nitrogen and oxygen atoms in total. The van der Waals surface area contributed by atoms with E-state index in [1.807, 2.05) is 54.6 Å². The van der Waals surface area contributed by atoms with Crippen molar-refractivity contribution in [1.29, 1.82) is 0 Å². The molecule has 7 rings (SSSR count). The number of benzene rings is 3. The van der Waals surface area contributed by atoms with Crippen LogP contribution in [-0.4, -0.2) is 29.0 Å². The molecule has 0 spiro atoms. The third-order valence-corrected chi connectivity index (χ3v) is 8.90. The van der Waals surface area contributed by atoms with Gasteiger partial charge in [-0.15, -0.1) is 0 Å². The summed E-state index contributed by atoms with van der Waals surface area (Å²) in [6, 6.07) is 26.8. The minimum absolute atomic E-state index is 0.0328. The Morgan fingerprint density at radius 3 is 2.34 bits per heavy atom. The Labute approximate surface area is 207 Å². The van der Waals surface area contributed by atoms with Crippen molar-refractivity contribution in [2.45, 2.75) is 50.1 Å². The summed E-state index contributed by atoms with van der Waals surface area (Å²) >= 11 is 0. The summed E-state index contributed by atoms with van der Waals surface area (Å²) in [6.07, 6.45) is 6.11. The fourth-order valence-corrected chi connectivity index (χ4v) is 7.40. The van der Waals surface area contributed by atoms with E-state index in [1.165, 1.54) is 19.3 Å². The fourth-order valence-electron chi connectivity index (χ4n) is 7.40. The Morgan fingerprint density at radius 2 is 1.54 bits per heavy atom. The molecule has 3 aromatic carbocycles. The molecule has 3 heterocycles. The van der Waals surface area contributed by atoms with E-state index < -0.39 is 11.8 Å². The highest BCUT2D eigenvalue weighted by Gasteiger charge is 2.55. The van der Waals surface area contributed by atoms with Crippen LogP contribution < -0.4 is 9.80 Å². The molecule has 2 fully saturated rings. The zero-order valence-electron chi connectivity index (χ0n) is 19.9. The van der Waals surface area contributed by atoms with E-state index in [2.05, 4.69) is 40.1 Å². The molecule has 4 aliphatic rings. The van der Waals surface area contributed by atoms with Crippen LogP contribution in [0, 0.1) is 11.8 Å². The standard InChI is InChI=1S/C31H32N2O2/c34-30-25-18-31(35,23-13-5-2-6-14-23)29-24-15-8-7-12-22(24)20-32(29)26-16-9-17-27(28(25)26)33(30)19-21-10-3-1-4-11-21/h1-6,9-11,13-14,16-18,22,24,29-30,34-35H,7-8,12,15,19-20H2/t22?,24-,29?,30?,31+/m1/s1. The van der Waals surface area contributed by atoms with Gasteiger partial charge in [0.05, 0.1) is 6.04 Å². The quantitative estimate of drug-likeness (QED) is 0.552. The molecule has 3 unspecified atom stereocenters. The summed E-state index contributed by atoms with van der Waals surface area (Å²) in [5.41, 5.74) is 5.03. The summed E-state index contributed by atoms with van der Waals surface area (Å²) in [6.45, 7) is 1.59. The molecule has 0 bridgehead atoms. The maximum absolute atomic E-state index is 12.7. The minimum atomic E-state index is -1.17. The lowest BCUT2D eigenvalue weighted by Gasteiger charge is -2.42. The Balaban J connectivity index is 1.43. The molecule has 3 aliphatic heterocycles. The number of aliphatic hydroxyl groups is 2. The number of fused-ring (bicyclic) bond motifs is 4. The molecule has 2 N–H and O–H groups in total. The van der Waals surface area contributed by atoms with Crippen molar-refractivity contribution in [3.05, 3.63) is 102 Å². The third kappa shape index (κ3) is 3.13. The van der Waals surface area contributed by atoms with Crippen LogP contribution in [-0.2, 0) is 12.1 Å². The topological polar surface area (TPSA) is 46.9 Å². The number of anilines is 2. The zero-order valence-corrected chi connectivity index (χ0v) is 19.9. The first-order chi connectivity index (χ1) is 17.1. The van der Waals surface area contributed by atoms with Crippen molar-refractivity contribution in [2.24, 2.45) is 11.8 Å². The van der Waals surface area contributed by atoms with Crippen LogP contribution in [0.3, 0.4) is 0 Å². The number of nitrogens with zero attached hydrogens (tertiary/aromatic N) is 2. The highest BCUT2D eigenvalue weighted by molar-refractivity contribution is 5.95. The van der Waals surface area contributed by atoms with E-state index in [4.69, 9.17) is 0 Å². The SMILES string of the molecule is OC1C2=C[C@](O)(c3ccccc3)C3[C@@H]4CCCCC4CN3c3cccc(c32)N1Cc1ccccc1. The van der Waals surface area contributed by atoms with Crippen molar-refractivity contribution in [2.75, 3.05) is 16.3 Å². The van der Waals surface area contributed by atoms with Crippen molar-refractivity contribution in [3.63, 3.8) is 0 Å². The molecule has 1 saturated carbocycles. The molecular formula is C31H32N2O2. The number of rotatable bonds is 3. The van der Waals surface area contributed by atoms with Gasteiger partial charge in [0.1, 0.15) is 5.60 Å². The molecular weight excluding hydrogens is 432 g/mol. The smallest absolute Gasteiger partial charge is 0.154 e. The van der Waals surface area contributed by atoms with Crippen LogP contribution in [0.25, 0.3) is 5.57 Å². The summed E-state index contributed by atoms with van der Waals surface area (Å²) in [4.78, 5) is 4.57. The Morgan fingerprint density at radius 1 is 0.829 bits per heavy atom. The molecule has 35 heavy (non-hydrogen) atoms. The van der Waals surface area contributed by atoms with Crippen molar-refractivity contribution in [3.8, 4) is 0 Å². The van der Waals surface area contributed by atoms with Gasteiger partial charge in [-0.2, -0.15) is 0 Å². The zero-order chi connectivity index (χ0) is 23.6. The molecule has 3 aromatic rings. The first-order valence-electron chi connectivity index (χ1n) is 13.0. The first-order valence-corrected chi connectivity index (χ1v) is 13.0. The van der Waals surface area contributed by atoms with Crippen LogP contribution in [0.15, 0.2) is 84.9 Å². The lowest BCUT2D eigenvalue weighted by atomic mass is 9.71. The second-order valence-electron chi connectivity index (χ2n) is 10.8. The van der Waals surface area contributed by atoms with E-state index in [0.29, 0.717) is 18.4 Å². The van der Waals surface area contributed by atoms with E-state index in [0.717, 1.165) is 46.6 Å². The summed E-state index contributed by atoms with van der Waals surface area (Å²) in [5, 5.41) is 24.4. The average Bonchev–Trinajstić information content (AvgIpc) is 3.38. The molecule has 0 radical (unpaired) electrons. The minimum Gasteiger partial charge on any atom is -0.379 e. The first kappa shape index (κ1) is 21.2. The summed E-state index contributed by atoms with van der Waals surface area (Å²) in [7, 11) is 0. The summed E-state index contributed by atoms with van der Waals surface area (Å²) < 4.78 is 0. The van der Waals surface area contributed by atoms with Crippen LogP contribution in [0.1, 0.15) is 42.4 Å². The fraction of sp³-hybridized carbons (Fsp3) is 0.355. The van der Waals surface area contributed by atoms with E-state index >= 15 is 0 Å². The molecule has 1 saturated heterocycles. The van der Waals surface area contributed by atoms with Gasteiger partial charge in [0.15, 0.2) is 6.23 Å². The predicted octanol–water partition coefficient (Wildman–Crippen LogP) is 5.31. The number of hydrogen-bond donors (Lipinski definition) is 2. The molecule has 5 atom stereocenters. The third-order valence-electron chi connectivity index (χ3n) is 8.90. The van der Waals surface area contributed by atoms with Gasteiger partial charge in [-0.05, 0) is 54.0 Å². The van der Waals surface area contributed by atoms with Gasteiger partial charge in [-0.1, -0.05) is 79.6 Å². The van der Waals surface area contributed by atoms with Crippen LogP contribution in [0.2, 0.25) is 0 Å². The predicted molar refractivity (Wildman–Crippen MR) is 140 cm³/mol. The van der Waals surface area contributed by atoms with Crippen LogP contribution >= 0.6 is 0 Å². The second-order valence-corrected chi connectivity index (χ2v) is 10.8. The molecule has 4 heteroatoms. The van der Waals surface area contributed by atoms with Crippen LogP contribution in [0.5, 0.6) is 0 Å². The van der Waals surface area contributed by atoms with Crippen molar-refractivity contribution < 1.29 is 10.2 Å². The largest absolute Gasteiger partial charge is 0.379 e. The van der Waals surface area contributed by atoms with Gasteiger partial charge < -0.3 is 20.0 Å². The van der Waals surface area contributed by atoms with Crippen LogP contribution in [0.4, 0.5) is 11.4 Å². The highest BCUT2D eigenvalue weighted by Crippen LogP contribution is 2.56. The number of hydrogen-bond acceptors (Lipinski definition) is 4. The van der Waals surface area contributed by atoms with Gasteiger partial charge >= 0.3 is 0 Å². The maximum atomic E-state index is 12.7. The van der Waals surface area contributed by atoms with E-state index in [1.54, 1.807) is 0 Å². The normalized spacial score (nSPS) is 30.9. The van der Waals surface area contributed by atoms with Crippen molar-refractivity contribution >= 4 is 16.9 Å².